The molecule has 4 rings (SSSR count). The van der Waals surface area contributed by atoms with Crippen molar-refractivity contribution in [3.8, 4) is 11.5 Å². The number of nitrogens with one attached hydrogen (secondary N) is 2. The minimum absolute atomic E-state index is 0.0188. The zero-order chi connectivity index (χ0) is 26.5. The number of aromatic nitrogens is 1. The van der Waals surface area contributed by atoms with Crippen molar-refractivity contribution < 1.29 is 27.6 Å². The Morgan fingerprint density at radius 1 is 1.16 bits per heavy atom. The fraction of sp³-hybridized carbons (Fsp3) is 0.280. The molecule has 2 aromatic carbocycles. The lowest BCUT2D eigenvalue weighted by atomic mass is 10.1. The van der Waals surface area contributed by atoms with Crippen LogP contribution in [0.15, 0.2) is 46.9 Å². The first kappa shape index (κ1) is 26.2. The Morgan fingerprint density at radius 2 is 1.92 bits per heavy atom. The third kappa shape index (κ3) is 6.49. The molecule has 3 aromatic rings. The fourth-order valence-electron chi connectivity index (χ4n) is 3.95. The number of amides is 3. The second-order valence-corrected chi connectivity index (χ2v) is 8.92. The predicted molar refractivity (Wildman–Crippen MR) is 133 cm³/mol. The molecule has 3 amide bonds. The number of nitrogens with two attached hydrogens (primary N) is 1. The second kappa shape index (κ2) is 11.5. The molecule has 2 heterocycles. The molecule has 0 bridgehead atoms. The molecule has 1 atom stereocenters. The first-order chi connectivity index (χ1) is 17.7. The number of rotatable bonds is 8. The SMILES string of the molecule is NC(=O)c1oc(-c2ccc(NC(=O)c3ccc(F)cc3Cl)cc2)nc1C(=O)NCCN1CCCC(F)C1. The molecule has 1 aliphatic rings. The average molecular weight is 532 g/mol. The summed E-state index contributed by atoms with van der Waals surface area (Å²) in [5.41, 5.74) is 6.05. The van der Waals surface area contributed by atoms with Crippen LogP contribution < -0.4 is 16.4 Å². The smallest absolute Gasteiger partial charge is 0.287 e. The maximum atomic E-state index is 13.5. The van der Waals surface area contributed by atoms with E-state index in [2.05, 4.69) is 15.6 Å². The number of piperidine rings is 1. The van der Waals surface area contributed by atoms with Gasteiger partial charge in [-0.25, -0.2) is 13.8 Å². The Labute approximate surface area is 216 Å². The van der Waals surface area contributed by atoms with E-state index in [1.54, 1.807) is 24.3 Å². The summed E-state index contributed by atoms with van der Waals surface area (Å²) >= 11 is 5.93. The number of likely N-dealkylation sites (tertiary alicyclic amines) is 1. The summed E-state index contributed by atoms with van der Waals surface area (Å²) in [6, 6.07) is 9.66. The summed E-state index contributed by atoms with van der Waals surface area (Å²) in [4.78, 5) is 43.0. The number of alkyl halides is 1. The molecular formula is C25H24ClF2N5O4. The van der Waals surface area contributed by atoms with Crippen LogP contribution in [-0.4, -0.2) is 60.0 Å². The van der Waals surface area contributed by atoms with Gasteiger partial charge in [0.1, 0.15) is 12.0 Å². The summed E-state index contributed by atoms with van der Waals surface area (Å²) in [6.45, 7) is 1.77. The molecule has 0 radical (unpaired) electrons. The highest BCUT2D eigenvalue weighted by Gasteiger charge is 2.25. The number of hydrogen-bond donors (Lipinski definition) is 3. The first-order valence-corrected chi connectivity index (χ1v) is 11.9. The number of hydrogen-bond acceptors (Lipinski definition) is 6. The van der Waals surface area contributed by atoms with Gasteiger partial charge in [0.05, 0.1) is 10.6 Å². The van der Waals surface area contributed by atoms with Gasteiger partial charge in [-0.3, -0.25) is 19.3 Å². The summed E-state index contributed by atoms with van der Waals surface area (Å²) in [6.07, 6.45) is 0.433. The van der Waals surface area contributed by atoms with Crippen molar-refractivity contribution in [1.82, 2.24) is 15.2 Å². The van der Waals surface area contributed by atoms with Crippen molar-refractivity contribution in [2.45, 2.75) is 19.0 Å². The number of nitrogens with zero attached hydrogens (tertiary/aromatic N) is 2. The summed E-state index contributed by atoms with van der Waals surface area (Å²) in [5, 5.41) is 5.27. The highest BCUT2D eigenvalue weighted by atomic mass is 35.5. The normalized spacial score (nSPS) is 15.8. The van der Waals surface area contributed by atoms with Crippen LogP contribution in [0.2, 0.25) is 5.02 Å². The molecule has 4 N–H and O–H groups in total. The van der Waals surface area contributed by atoms with Gasteiger partial charge in [-0.1, -0.05) is 11.6 Å². The number of oxazole rings is 1. The van der Waals surface area contributed by atoms with Gasteiger partial charge < -0.3 is 20.8 Å². The Hall–Kier alpha value is -3.83. The highest BCUT2D eigenvalue weighted by molar-refractivity contribution is 6.34. The van der Waals surface area contributed by atoms with Gasteiger partial charge in [-0.05, 0) is 61.9 Å². The van der Waals surface area contributed by atoms with Crippen LogP contribution in [-0.2, 0) is 0 Å². The van der Waals surface area contributed by atoms with Gasteiger partial charge in [0.25, 0.3) is 17.7 Å². The van der Waals surface area contributed by atoms with E-state index >= 15 is 0 Å². The van der Waals surface area contributed by atoms with E-state index < -0.39 is 35.5 Å². The molecule has 1 fully saturated rings. The van der Waals surface area contributed by atoms with Crippen molar-refractivity contribution in [1.29, 1.82) is 0 Å². The number of halogens is 3. The number of anilines is 1. The van der Waals surface area contributed by atoms with Crippen LogP contribution in [0.4, 0.5) is 14.5 Å². The topological polar surface area (TPSA) is 131 Å². The molecule has 1 aromatic heterocycles. The Balaban J connectivity index is 1.42. The molecule has 1 aliphatic heterocycles. The number of carbonyl (C=O) groups excluding carboxylic acids is 3. The van der Waals surface area contributed by atoms with Gasteiger partial charge in [-0.15, -0.1) is 0 Å². The Bertz CT molecular complexity index is 1310. The Kier molecular flexibility index (Phi) is 8.14. The summed E-state index contributed by atoms with van der Waals surface area (Å²) < 4.78 is 32.2. The van der Waals surface area contributed by atoms with E-state index in [1.807, 2.05) is 4.90 Å². The van der Waals surface area contributed by atoms with Crippen molar-refractivity contribution in [2.24, 2.45) is 5.73 Å². The number of primary amides is 1. The highest BCUT2D eigenvalue weighted by Crippen LogP contribution is 2.25. The van der Waals surface area contributed by atoms with Gasteiger partial charge >= 0.3 is 0 Å². The van der Waals surface area contributed by atoms with Crippen molar-refractivity contribution in [3.05, 3.63) is 70.3 Å². The summed E-state index contributed by atoms with van der Waals surface area (Å²) in [7, 11) is 0. The van der Waals surface area contributed by atoms with Crippen LogP contribution in [0.1, 0.15) is 44.2 Å². The average Bonchev–Trinajstić information content (AvgIpc) is 3.30. The van der Waals surface area contributed by atoms with E-state index in [0.29, 0.717) is 30.8 Å². The van der Waals surface area contributed by atoms with Crippen LogP contribution in [0.25, 0.3) is 11.5 Å². The molecule has 37 heavy (non-hydrogen) atoms. The molecule has 0 aliphatic carbocycles. The van der Waals surface area contributed by atoms with E-state index in [0.717, 1.165) is 25.1 Å². The van der Waals surface area contributed by atoms with Crippen LogP contribution >= 0.6 is 11.6 Å². The number of carbonyl (C=O) groups is 3. The molecule has 0 spiro atoms. The minimum Gasteiger partial charge on any atom is -0.430 e. The standard InChI is InChI=1S/C25H24ClF2N5O4/c26-19-12-15(27)5-8-18(19)23(35)31-17-6-3-14(4-7-17)25-32-20(21(37-25)22(29)34)24(36)30-9-11-33-10-1-2-16(28)13-33/h3-8,12,16H,1-2,9-11,13H2,(H2,29,34)(H,30,36)(H,31,35). The quantitative estimate of drug-likeness (QED) is 0.407. The third-order valence-electron chi connectivity index (χ3n) is 5.79. The first-order valence-electron chi connectivity index (χ1n) is 11.5. The molecule has 1 saturated heterocycles. The van der Waals surface area contributed by atoms with E-state index in [4.69, 9.17) is 21.8 Å². The maximum Gasteiger partial charge on any atom is 0.287 e. The lowest BCUT2D eigenvalue weighted by Gasteiger charge is -2.28. The van der Waals surface area contributed by atoms with Gasteiger partial charge in [-0.2, -0.15) is 0 Å². The molecule has 1 unspecified atom stereocenters. The van der Waals surface area contributed by atoms with Gasteiger partial charge in [0, 0.05) is 30.9 Å². The molecule has 194 valence electrons. The maximum absolute atomic E-state index is 13.5. The van der Waals surface area contributed by atoms with Gasteiger partial charge in [0.2, 0.25) is 11.7 Å². The van der Waals surface area contributed by atoms with E-state index in [1.165, 1.54) is 6.07 Å². The largest absolute Gasteiger partial charge is 0.430 e. The van der Waals surface area contributed by atoms with E-state index in [-0.39, 0.29) is 28.7 Å². The van der Waals surface area contributed by atoms with Crippen molar-refractivity contribution >= 4 is 35.0 Å². The van der Waals surface area contributed by atoms with Gasteiger partial charge in [0.15, 0.2) is 5.69 Å². The molecule has 0 saturated carbocycles. The van der Waals surface area contributed by atoms with E-state index in [9.17, 15) is 23.2 Å². The monoisotopic (exact) mass is 531 g/mol. The predicted octanol–water partition coefficient (Wildman–Crippen LogP) is 3.65. The number of benzene rings is 2. The molecule has 9 nitrogen and oxygen atoms in total. The second-order valence-electron chi connectivity index (χ2n) is 8.51. The zero-order valence-corrected chi connectivity index (χ0v) is 20.4. The Morgan fingerprint density at radius 3 is 2.59 bits per heavy atom. The lowest BCUT2D eigenvalue weighted by molar-refractivity contribution is 0.0910. The van der Waals surface area contributed by atoms with Crippen LogP contribution in [0.3, 0.4) is 0 Å². The summed E-state index contributed by atoms with van der Waals surface area (Å²) in [5.74, 6) is -3.10. The van der Waals surface area contributed by atoms with Crippen LogP contribution in [0, 0.1) is 5.82 Å². The lowest BCUT2D eigenvalue weighted by Crippen LogP contribution is -2.41. The zero-order valence-electron chi connectivity index (χ0n) is 19.6. The van der Waals surface area contributed by atoms with Crippen molar-refractivity contribution in [3.63, 3.8) is 0 Å². The van der Waals surface area contributed by atoms with Crippen molar-refractivity contribution in [2.75, 3.05) is 31.5 Å². The molecule has 12 heteroatoms. The minimum atomic E-state index is -0.958. The fourth-order valence-corrected chi connectivity index (χ4v) is 4.20. The molecular weight excluding hydrogens is 508 g/mol. The van der Waals surface area contributed by atoms with Crippen LogP contribution in [0.5, 0.6) is 0 Å². The third-order valence-corrected chi connectivity index (χ3v) is 6.11.